The summed E-state index contributed by atoms with van der Waals surface area (Å²) in [6.45, 7) is 1.16. The van der Waals surface area contributed by atoms with Gasteiger partial charge in [0.2, 0.25) is 0 Å². The molecule has 9 heteroatoms. The Balaban J connectivity index is 0.00000300. The first-order chi connectivity index (χ1) is 13.5. The largest absolute Gasteiger partial charge is 0.493 e. The fraction of sp³-hybridized carbons (Fsp3) is 0.300. The Bertz CT molecular complexity index is 967. The Labute approximate surface area is 189 Å². The first-order valence-corrected chi connectivity index (χ1v) is 10.4. The van der Waals surface area contributed by atoms with Crippen molar-refractivity contribution in [3.63, 3.8) is 0 Å². The number of rotatable bonds is 8. The van der Waals surface area contributed by atoms with Crippen LogP contribution in [-0.2, 0) is 4.79 Å². The SMILES string of the molecule is COc1ccccc1OCC(=O)N(CCN(C)C)c1nc2ccc(Br)cc2s1.Cl. The highest BCUT2D eigenvalue weighted by molar-refractivity contribution is 9.10. The minimum atomic E-state index is -0.147. The molecule has 0 bridgehead atoms. The lowest BCUT2D eigenvalue weighted by atomic mass is 10.3. The summed E-state index contributed by atoms with van der Waals surface area (Å²) in [5, 5.41) is 0.670. The number of ether oxygens (including phenoxy) is 2. The summed E-state index contributed by atoms with van der Waals surface area (Å²) in [6, 6.07) is 13.2. The van der Waals surface area contributed by atoms with Crippen molar-refractivity contribution in [1.82, 2.24) is 9.88 Å². The third-order valence-corrected chi connectivity index (χ3v) is 5.60. The molecule has 0 aliphatic carbocycles. The zero-order valence-corrected chi connectivity index (χ0v) is 19.6. The van der Waals surface area contributed by atoms with E-state index in [-0.39, 0.29) is 24.9 Å². The van der Waals surface area contributed by atoms with Crippen molar-refractivity contribution in [3.05, 3.63) is 46.9 Å². The van der Waals surface area contributed by atoms with Gasteiger partial charge in [-0.25, -0.2) is 4.98 Å². The summed E-state index contributed by atoms with van der Waals surface area (Å²) in [5.74, 6) is 0.991. The Hall–Kier alpha value is -1.87. The smallest absolute Gasteiger partial charge is 0.266 e. The van der Waals surface area contributed by atoms with Crippen molar-refractivity contribution in [3.8, 4) is 11.5 Å². The number of para-hydroxylation sites is 2. The van der Waals surface area contributed by atoms with Gasteiger partial charge in [-0.2, -0.15) is 0 Å². The van der Waals surface area contributed by atoms with E-state index in [0.29, 0.717) is 23.2 Å². The van der Waals surface area contributed by atoms with Crippen LogP contribution in [0.4, 0.5) is 5.13 Å². The van der Waals surface area contributed by atoms with E-state index in [1.54, 1.807) is 24.1 Å². The number of thiazole rings is 1. The van der Waals surface area contributed by atoms with Crippen molar-refractivity contribution in [1.29, 1.82) is 0 Å². The molecule has 2 aromatic carbocycles. The average molecular weight is 501 g/mol. The molecule has 3 aromatic rings. The summed E-state index contributed by atoms with van der Waals surface area (Å²) < 4.78 is 13.0. The van der Waals surface area contributed by atoms with E-state index in [2.05, 4.69) is 20.9 Å². The van der Waals surface area contributed by atoms with Crippen LogP contribution in [0.3, 0.4) is 0 Å². The number of nitrogens with zero attached hydrogens (tertiary/aromatic N) is 3. The Morgan fingerprint density at radius 1 is 1.14 bits per heavy atom. The van der Waals surface area contributed by atoms with E-state index in [4.69, 9.17) is 9.47 Å². The molecule has 29 heavy (non-hydrogen) atoms. The van der Waals surface area contributed by atoms with E-state index in [1.807, 2.05) is 49.3 Å². The average Bonchev–Trinajstić information content (AvgIpc) is 3.09. The third-order valence-electron chi connectivity index (χ3n) is 4.06. The van der Waals surface area contributed by atoms with Gasteiger partial charge in [-0.05, 0) is 44.4 Å². The van der Waals surface area contributed by atoms with E-state index in [1.165, 1.54) is 11.3 Å². The van der Waals surface area contributed by atoms with E-state index >= 15 is 0 Å². The third kappa shape index (κ3) is 6.05. The molecule has 3 rings (SSSR count). The van der Waals surface area contributed by atoms with Gasteiger partial charge in [-0.15, -0.1) is 12.4 Å². The minimum absolute atomic E-state index is 0. The van der Waals surface area contributed by atoms with Crippen molar-refractivity contribution in [2.45, 2.75) is 0 Å². The Kier molecular flexibility index (Phi) is 8.70. The number of carbonyl (C=O) groups excluding carboxylic acids is 1. The number of fused-ring (bicyclic) bond motifs is 1. The van der Waals surface area contributed by atoms with Crippen LogP contribution in [0.15, 0.2) is 46.9 Å². The highest BCUT2D eigenvalue weighted by Crippen LogP contribution is 2.31. The second kappa shape index (κ2) is 10.8. The maximum Gasteiger partial charge on any atom is 0.266 e. The molecule has 0 N–H and O–H groups in total. The maximum absolute atomic E-state index is 13.0. The predicted molar refractivity (Wildman–Crippen MR) is 124 cm³/mol. The molecule has 1 aromatic heterocycles. The molecule has 0 fully saturated rings. The van der Waals surface area contributed by atoms with Crippen LogP contribution in [0.1, 0.15) is 0 Å². The monoisotopic (exact) mass is 499 g/mol. The Morgan fingerprint density at radius 3 is 2.55 bits per heavy atom. The normalized spacial score (nSPS) is 10.7. The van der Waals surface area contributed by atoms with Crippen LogP contribution in [0, 0.1) is 0 Å². The number of anilines is 1. The lowest BCUT2D eigenvalue weighted by molar-refractivity contribution is -0.120. The number of halogens is 2. The van der Waals surface area contributed by atoms with Crippen molar-refractivity contribution >= 4 is 60.9 Å². The van der Waals surface area contributed by atoms with Gasteiger partial charge in [0.15, 0.2) is 23.2 Å². The van der Waals surface area contributed by atoms with Crippen molar-refractivity contribution in [2.75, 3.05) is 45.8 Å². The maximum atomic E-state index is 13.0. The molecule has 1 heterocycles. The molecule has 1 amide bonds. The minimum Gasteiger partial charge on any atom is -0.493 e. The lowest BCUT2D eigenvalue weighted by Crippen LogP contribution is -2.39. The van der Waals surface area contributed by atoms with Gasteiger partial charge < -0.3 is 14.4 Å². The van der Waals surface area contributed by atoms with Crippen molar-refractivity contribution in [2.24, 2.45) is 0 Å². The topological polar surface area (TPSA) is 54.9 Å². The molecule has 0 aliphatic rings. The van der Waals surface area contributed by atoms with Gasteiger partial charge in [-0.3, -0.25) is 9.69 Å². The molecular weight excluding hydrogens is 478 g/mol. The first kappa shape index (κ1) is 23.4. The number of amides is 1. The van der Waals surface area contributed by atoms with Gasteiger partial charge in [0.25, 0.3) is 5.91 Å². The summed E-state index contributed by atoms with van der Waals surface area (Å²) in [5.41, 5.74) is 0.872. The van der Waals surface area contributed by atoms with E-state index < -0.39 is 0 Å². The zero-order valence-electron chi connectivity index (χ0n) is 16.4. The van der Waals surface area contributed by atoms with Gasteiger partial charge >= 0.3 is 0 Å². The molecule has 0 radical (unpaired) electrons. The molecule has 0 unspecified atom stereocenters. The molecule has 0 atom stereocenters. The quantitative estimate of drug-likeness (QED) is 0.457. The number of hydrogen-bond acceptors (Lipinski definition) is 6. The van der Waals surface area contributed by atoms with Gasteiger partial charge in [-0.1, -0.05) is 39.4 Å². The summed E-state index contributed by atoms with van der Waals surface area (Å²) in [7, 11) is 5.53. The van der Waals surface area contributed by atoms with E-state index in [0.717, 1.165) is 21.2 Å². The molecule has 156 valence electrons. The lowest BCUT2D eigenvalue weighted by Gasteiger charge is -2.22. The number of aromatic nitrogens is 1. The van der Waals surface area contributed by atoms with Gasteiger partial charge in [0, 0.05) is 17.6 Å². The van der Waals surface area contributed by atoms with E-state index in [9.17, 15) is 4.79 Å². The molecule has 6 nitrogen and oxygen atoms in total. The van der Waals surface area contributed by atoms with Crippen LogP contribution in [0.5, 0.6) is 11.5 Å². The van der Waals surface area contributed by atoms with Crippen LogP contribution in [-0.4, -0.2) is 56.7 Å². The summed E-state index contributed by atoms with van der Waals surface area (Å²) in [4.78, 5) is 21.3. The predicted octanol–water partition coefficient (Wildman–Crippen LogP) is 4.46. The fourth-order valence-electron chi connectivity index (χ4n) is 2.58. The highest BCUT2D eigenvalue weighted by atomic mass is 79.9. The zero-order chi connectivity index (χ0) is 20.1. The van der Waals surface area contributed by atoms with Gasteiger partial charge in [0.05, 0.1) is 17.3 Å². The summed E-state index contributed by atoms with van der Waals surface area (Å²) in [6.07, 6.45) is 0. The number of carbonyl (C=O) groups is 1. The Morgan fingerprint density at radius 2 is 1.86 bits per heavy atom. The number of benzene rings is 2. The highest BCUT2D eigenvalue weighted by Gasteiger charge is 2.21. The first-order valence-electron chi connectivity index (χ1n) is 8.75. The van der Waals surface area contributed by atoms with Gasteiger partial charge in [0.1, 0.15) is 0 Å². The fourth-order valence-corrected chi connectivity index (χ4v) is 4.14. The number of hydrogen-bond donors (Lipinski definition) is 0. The number of likely N-dealkylation sites (N-methyl/N-ethyl adjacent to an activating group) is 1. The molecule has 0 saturated heterocycles. The second-order valence-electron chi connectivity index (χ2n) is 6.40. The van der Waals surface area contributed by atoms with Crippen LogP contribution >= 0.6 is 39.7 Å². The van der Waals surface area contributed by atoms with Crippen LogP contribution < -0.4 is 14.4 Å². The van der Waals surface area contributed by atoms with Crippen LogP contribution in [0.25, 0.3) is 10.2 Å². The molecule has 0 aliphatic heterocycles. The van der Waals surface area contributed by atoms with Crippen LogP contribution in [0.2, 0.25) is 0 Å². The standard InChI is InChI=1S/C20H22BrN3O3S.ClH/c1-23(2)10-11-24(20-22-15-9-8-14(21)12-18(15)28-20)19(25)13-27-17-7-5-4-6-16(17)26-3;/h4-9,12H,10-11,13H2,1-3H3;1H. The molecule has 0 saturated carbocycles. The second-order valence-corrected chi connectivity index (χ2v) is 8.32. The number of methoxy groups -OCH3 is 1. The molecule has 0 spiro atoms. The molecular formula is C20H23BrClN3O3S. The summed E-state index contributed by atoms with van der Waals surface area (Å²) >= 11 is 4.98. The van der Waals surface area contributed by atoms with Crippen molar-refractivity contribution < 1.29 is 14.3 Å².